The largest absolute Gasteiger partial charge is 0.360 e. The number of imide groups is 2. The van der Waals surface area contributed by atoms with Crippen molar-refractivity contribution in [1.29, 1.82) is 0 Å². The summed E-state index contributed by atoms with van der Waals surface area (Å²) in [6, 6.07) is 14.0. The maximum Gasteiger partial charge on any atom is 0.335 e. The number of anilines is 2. The van der Waals surface area contributed by atoms with Crippen LogP contribution in [0.3, 0.4) is 0 Å². The zero-order chi connectivity index (χ0) is 23.2. The molecule has 6 nitrogen and oxygen atoms in total. The summed E-state index contributed by atoms with van der Waals surface area (Å²) in [5, 5.41) is 2.27. The molecule has 2 aliphatic heterocycles. The van der Waals surface area contributed by atoms with Gasteiger partial charge in [-0.05, 0) is 76.1 Å². The van der Waals surface area contributed by atoms with Gasteiger partial charge in [0.2, 0.25) is 0 Å². The van der Waals surface area contributed by atoms with Crippen molar-refractivity contribution < 1.29 is 14.4 Å². The Bertz CT molecular complexity index is 1180. The van der Waals surface area contributed by atoms with Gasteiger partial charge in [-0.1, -0.05) is 30.3 Å². The molecule has 1 fully saturated rings. The van der Waals surface area contributed by atoms with Gasteiger partial charge >= 0.3 is 6.03 Å². The van der Waals surface area contributed by atoms with E-state index in [-0.39, 0.29) is 11.1 Å². The number of hydrogen-bond acceptors (Lipinski definition) is 4. The number of allylic oxidation sites excluding steroid dienone is 1. The third-order valence-electron chi connectivity index (χ3n) is 5.84. The molecule has 0 spiro atoms. The maximum absolute atomic E-state index is 13.1. The predicted octanol–water partition coefficient (Wildman–Crippen LogP) is 4.76. The normalized spacial score (nSPS) is 19.2. The molecule has 0 radical (unpaired) electrons. The smallest absolute Gasteiger partial charge is 0.335 e. The SMILES string of the molecule is CC1=CC(C)(C)N(C(C)C)c2ccc(/C=C3\C(=O)NC(=O)N(c4ccccc4)C3=O)cc21. The molecule has 2 aromatic carbocycles. The molecule has 2 heterocycles. The van der Waals surface area contributed by atoms with E-state index in [4.69, 9.17) is 0 Å². The summed E-state index contributed by atoms with van der Waals surface area (Å²) in [6.45, 7) is 10.8. The van der Waals surface area contributed by atoms with Crippen LogP contribution in [-0.2, 0) is 9.59 Å². The van der Waals surface area contributed by atoms with Crippen LogP contribution < -0.4 is 15.1 Å². The number of carbonyl (C=O) groups is 3. The van der Waals surface area contributed by atoms with Gasteiger partial charge in [-0.2, -0.15) is 0 Å². The van der Waals surface area contributed by atoms with Crippen LogP contribution in [0.25, 0.3) is 11.6 Å². The average molecular weight is 430 g/mol. The number of nitrogens with zero attached hydrogens (tertiary/aromatic N) is 2. The molecular formula is C26H27N3O3. The molecular weight excluding hydrogens is 402 g/mol. The Morgan fingerprint density at radius 3 is 2.34 bits per heavy atom. The Kier molecular flexibility index (Phi) is 5.25. The molecule has 164 valence electrons. The van der Waals surface area contributed by atoms with E-state index in [2.05, 4.69) is 50.9 Å². The van der Waals surface area contributed by atoms with Crippen LogP contribution >= 0.6 is 0 Å². The highest BCUT2D eigenvalue weighted by Crippen LogP contribution is 2.40. The number of nitrogens with one attached hydrogen (secondary N) is 1. The van der Waals surface area contributed by atoms with Crippen molar-refractivity contribution in [2.24, 2.45) is 0 Å². The first kappa shape index (κ1) is 21.6. The van der Waals surface area contributed by atoms with Crippen LogP contribution in [0.5, 0.6) is 0 Å². The summed E-state index contributed by atoms with van der Waals surface area (Å²) in [4.78, 5) is 41.3. The quantitative estimate of drug-likeness (QED) is 0.564. The van der Waals surface area contributed by atoms with Crippen LogP contribution in [0.15, 0.2) is 60.2 Å². The molecule has 2 aromatic rings. The fraction of sp³-hybridized carbons (Fsp3) is 0.269. The molecule has 2 aliphatic rings. The monoisotopic (exact) mass is 429 g/mol. The predicted molar refractivity (Wildman–Crippen MR) is 127 cm³/mol. The Morgan fingerprint density at radius 1 is 1.00 bits per heavy atom. The van der Waals surface area contributed by atoms with Crippen LogP contribution in [-0.4, -0.2) is 29.4 Å². The lowest BCUT2D eigenvalue weighted by atomic mass is 9.86. The minimum Gasteiger partial charge on any atom is -0.360 e. The molecule has 0 unspecified atom stereocenters. The Hall–Kier alpha value is -3.67. The lowest BCUT2D eigenvalue weighted by molar-refractivity contribution is -0.122. The van der Waals surface area contributed by atoms with Crippen molar-refractivity contribution in [3.8, 4) is 0 Å². The number of hydrogen-bond donors (Lipinski definition) is 1. The number of urea groups is 1. The third kappa shape index (κ3) is 3.62. The standard InChI is InChI=1S/C26H27N3O3/c1-16(2)29-22-12-11-18(13-20(22)17(3)15-26(29,4)5)14-21-23(30)27-25(32)28(24(21)31)19-9-7-6-8-10-19/h6-16H,1-5H3,(H,27,30,32)/b21-14+. The molecule has 1 N–H and O–H groups in total. The number of amides is 4. The summed E-state index contributed by atoms with van der Waals surface area (Å²) in [5.41, 5.74) is 4.25. The van der Waals surface area contributed by atoms with E-state index in [1.165, 1.54) is 0 Å². The van der Waals surface area contributed by atoms with E-state index < -0.39 is 17.8 Å². The van der Waals surface area contributed by atoms with Crippen molar-refractivity contribution in [3.63, 3.8) is 0 Å². The fourth-order valence-electron chi connectivity index (χ4n) is 4.74. The number of para-hydroxylation sites is 1. The maximum atomic E-state index is 13.1. The minimum atomic E-state index is -0.748. The highest BCUT2D eigenvalue weighted by Gasteiger charge is 2.37. The van der Waals surface area contributed by atoms with Gasteiger partial charge in [0.25, 0.3) is 11.8 Å². The second-order valence-electron chi connectivity index (χ2n) is 9.01. The van der Waals surface area contributed by atoms with Gasteiger partial charge in [0.05, 0.1) is 11.2 Å². The van der Waals surface area contributed by atoms with Crippen LogP contribution in [0.1, 0.15) is 45.7 Å². The molecule has 4 amide bonds. The molecule has 32 heavy (non-hydrogen) atoms. The second-order valence-corrected chi connectivity index (χ2v) is 9.01. The number of fused-ring (bicyclic) bond motifs is 1. The number of rotatable bonds is 3. The topological polar surface area (TPSA) is 69.7 Å². The van der Waals surface area contributed by atoms with E-state index >= 15 is 0 Å². The first-order valence-corrected chi connectivity index (χ1v) is 10.7. The summed E-state index contributed by atoms with van der Waals surface area (Å²) in [6.07, 6.45) is 3.79. The zero-order valence-electron chi connectivity index (χ0n) is 19.0. The van der Waals surface area contributed by atoms with Gasteiger partial charge in [0, 0.05) is 17.3 Å². The van der Waals surface area contributed by atoms with Gasteiger partial charge in [0.15, 0.2) is 0 Å². The van der Waals surface area contributed by atoms with Crippen molar-refractivity contribution in [2.45, 2.75) is 46.2 Å². The zero-order valence-corrected chi connectivity index (χ0v) is 19.0. The van der Waals surface area contributed by atoms with Crippen molar-refractivity contribution in [3.05, 3.63) is 71.3 Å². The minimum absolute atomic E-state index is 0.0770. The molecule has 0 saturated carbocycles. The number of carbonyl (C=O) groups excluding carboxylic acids is 3. The highest BCUT2D eigenvalue weighted by molar-refractivity contribution is 6.39. The van der Waals surface area contributed by atoms with Gasteiger partial charge < -0.3 is 4.90 Å². The van der Waals surface area contributed by atoms with E-state index in [1.54, 1.807) is 36.4 Å². The van der Waals surface area contributed by atoms with Crippen LogP contribution in [0, 0.1) is 0 Å². The third-order valence-corrected chi connectivity index (χ3v) is 5.84. The summed E-state index contributed by atoms with van der Waals surface area (Å²) in [5.74, 6) is -1.33. The first-order chi connectivity index (χ1) is 15.1. The van der Waals surface area contributed by atoms with E-state index in [0.29, 0.717) is 11.7 Å². The van der Waals surface area contributed by atoms with Crippen molar-refractivity contribution >= 4 is 40.9 Å². The molecule has 1 saturated heterocycles. The van der Waals surface area contributed by atoms with E-state index in [1.807, 2.05) is 18.2 Å². The lowest BCUT2D eigenvalue weighted by Gasteiger charge is -2.46. The van der Waals surface area contributed by atoms with Gasteiger partial charge in [-0.15, -0.1) is 0 Å². The fourth-order valence-corrected chi connectivity index (χ4v) is 4.74. The molecule has 4 rings (SSSR count). The average Bonchev–Trinajstić information content (AvgIpc) is 2.71. The molecule has 0 aliphatic carbocycles. The van der Waals surface area contributed by atoms with E-state index in [9.17, 15) is 14.4 Å². The highest BCUT2D eigenvalue weighted by atomic mass is 16.2. The van der Waals surface area contributed by atoms with Crippen molar-refractivity contribution in [1.82, 2.24) is 5.32 Å². The Balaban J connectivity index is 1.76. The van der Waals surface area contributed by atoms with Crippen LogP contribution in [0.4, 0.5) is 16.2 Å². The van der Waals surface area contributed by atoms with Crippen LogP contribution in [0.2, 0.25) is 0 Å². The molecule has 0 bridgehead atoms. The number of benzene rings is 2. The van der Waals surface area contributed by atoms with Gasteiger partial charge in [-0.3, -0.25) is 14.9 Å². The van der Waals surface area contributed by atoms with Gasteiger partial charge in [0.1, 0.15) is 5.57 Å². The molecule has 6 heteroatoms. The second kappa shape index (κ2) is 7.79. The molecule has 0 atom stereocenters. The number of barbiturate groups is 1. The summed E-state index contributed by atoms with van der Waals surface area (Å²) >= 11 is 0. The lowest BCUT2D eigenvalue weighted by Crippen LogP contribution is -2.54. The Morgan fingerprint density at radius 2 is 1.69 bits per heavy atom. The van der Waals surface area contributed by atoms with E-state index in [0.717, 1.165) is 27.3 Å². The van der Waals surface area contributed by atoms with Crippen molar-refractivity contribution in [2.75, 3.05) is 9.80 Å². The Labute approximate surface area is 188 Å². The summed E-state index contributed by atoms with van der Waals surface area (Å²) in [7, 11) is 0. The summed E-state index contributed by atoms with van der Waals surface area (Å²) < 4.78 is 0. The van der Waals surface area contributed by atoms with Gasteiger partial charge in [-0.25, -0.2) is 9.69 Å². The molecule has 0 aromatic heterocycles. The first-order valence-electron chi connectivity index (χ1n) is 10.7.